The van der Waals surface area contributed by atoms with Crippen molar-refractivity contribution in [1.29, 1.82) is 0 Å². The van der Waals surface area contributed by atoms with Gasteiger partial charge in [0, 0.05) is 6.54 Å². The normalized spacial score (nSPS) is 10.6. The summed E-state index contributed by atoms with van der Waals surface area (Å²) in [5.41, 5.74) is 0.799. The van der Waals surface area contributed by atoms with Crippen molar-refractivity contribution in [2.75, 3.05) is 19.7 Å². The molecule has 0 atom stereocenters. The van der Waals surface area contributed by atoms with Gasteiger partial charge in [0.05, 0.1) is 19.7 Å². The molecule has 0 amide bonds. The van der Waals surface area contributed by atoms with Gasteiger partial charge < -0.3 is 20.1 Å². The number of benzene rings is 1. The lowest BCUT2D eigenvalue weighted by Crippen LogP contribution is -2.37. The minimum absolute atomic E-state index is 0. The Balaban J connectivity index is 0.00000529. The lowest BCUT2D eigenvalue weighted by atomic mass is 10.2. The van der Waals surface area contributed by atoms with E-state index in [1.54, 1.807) is 19.1 Å². The maximum Gasteiger partial charge on any atom is 0.387 e. The Morgan fingerprint density at radius 2 is 2.04 bits per heavy atom. The van der Waals surface area contributed by atoms with E-state index in [1.807, 2.05) is 6.92 Å². The smallest absolute Gasteiger partial charge is 0.387 e. The number of rotatable bonds is 8. The largest absolute Gasteiger partial charge is 0.490 e. The molecule has 8 heteroatoms. The van der Waals surface area contributed by atoms with Gasteiger partial charge in [0.1, 0.15) is 0 Å². The van der Waals surface area contributed by atoms with E-state index in [0.717, 1.165) is 5.56 Å². The summed E-state index contributed by atoms with van der Waals surface area (Å²) >= 11 is 0. The van der Waals surface area contributed by atoms with E-state index in [1.165, 1.54) is 6.07 Å². The van der Waals surface area contributed by atoms with Crippen LogP contribution in [-0.2, 0) is 6.54 Å². The molecule has 0 radical (unpaired) electrons. The van der Waals surface area contributed by atoms with Gasteiger partial charge in [-0.2, -0.15) is 8.78 Å². The summed E-state index contributed by atoms with van der Waals surface area (Å²) in [7, 11) is 0. The maximum atomic E-state index is 12.4. The lowest BCUT2D eigenvalue weighted by molar-refractivity contribution is -0.0514. The Kier molecular flexibility index (Phi) is 11.7. The molecule has 0 saturated heterocycles. The molecule has 0 saturated carbocycles. The molecule has 0 unspecified atom stereocenters. The van der Waals surface area contributed by atoms with Crippen molar-refractivity contribution in [3.63, 3.8) is 0 Å². The topological polar surface area (TPSA) is 54.9 Å². The van der Waals surface area contributed by atoms with Crippen LogP contribution in [0, 0.1) is 12.3 Å². The number of alkyl halides is 2. The second-order valence-corrected chi connectivity index (χ2v) is 4.35. The molecular formula is C16H22F2IN3O2. The molecule has 5 nitrogen and oxygen atoms in total. The predicted molar refractivity (Wildman–Crippen MR) is 101 cm³/mol. The molecule has 0 heterocycles. The summed E-state index contributed by atoms with van der Waals surface area (Å²) in [6, 6.07) is 4.74. The molecule has 0 aliphatic heterocycles. The van der Waals surface area contributed by atoms with Gasteiger partial charge >= 0.3 is 6.61 Å². The van der Waals surface area contributed by atoms with Crippen LogP contribution in [0.2, 0.25) is 0 Å². The van der Waals surface area contributed by atoms with Crippen LogP contribution in [0.3, 0.4) is 0 Å². The SMILES string of the molecule is C#CCNC(=NCc1ccc(OC(F)F)c(OCC)c1)NCC.I. The van der Waals surface area contributed by atoms with E-state index in [0.29, 0.717) is 32.2 Å². The number of aliphatic imine (C=N–C) groups is 1. The van der Waals surface area contributed by atoms with Gasteiger partial charge in [-0.1, -0.05) is 12.0 Å². The highest BCUT2D eigenvalue weighted by Crippen LogP contribution is 2.30. The third kappa shape index (κ3) is 8.19. The number of terminal acetylenes is 1. The van der Waals surface area contributed by atoms with Gasteiger partial charge in [0.25, 0.3) is 0 Å². The Bertz CT molecular complexity index is 563. The maximum absolute atomic E-state index is 12.4. The standard InChI is InChI=1S/C16H21F2N3O2.HI/c1-4-9-20-16(19-5-2)21-11-12-7-8-13(23-15(17)18)14(10-12)22-6-3;/h1,7-8,10,15H,5-6,9,11H2,2-3H3,(H2,19,20,21);1H. The third-order valence-corrected chi connectivity index (χ3v) is 2.65. The average molecular weight is 453 g/mol. The van der Waals surface area contributed by atoms with Crippen LogP contribution in [-0.4, -0.2) is 32.3 Å². The fourth-order valence-electron chi connectivity index (χ4n) is 1.76. The molecule has 24 heavy (non-hydrogen) atoms. The highest BCUT2D eigenvalue weighted by atomic mass is 127. The van der Waals surface area contributed by atoms with Crippen molar-refractivity contribution in [2.24, 2.45) is 4.99 Å². The first-order valence-corrected chi connectivity index (χ1v) is 7.26. The summed E-state index contributed by atoms with van der Waals surface area (Å²) in [5.74, 6) is 3.32. The summed E-state index contributed by atoms with van der Waals surface area (Å²) < 4.78 is 34.5. The van der Waals surface area contributed by atoms with Gasteiger partial charge in [0.2, 0.25) is 0 Å². The quantitative estimate of drug-likeness (QED) is 0.275. The van der Waals surface area contributed by atoms with Crippen molar-refractivity contribution in [1.82, 2.24) is 10.6 Å². The van der Waals surface area contributed by atoms with Crippen molar-refractivity contribution in [2.45, 2.75) is 27.0 Å². The summed E-state index contributed by atoms with van der Waals surface area (Å²) in [4.78, 5) is 4.37. The third-order valence-electron chi connectivity index (χ3n) is 2.65. The Morgan fingerprint density at radius 3 is 2.62 bits per heavy atom. The fourth-order valence-corrected chi connectivity index (χ4v) is 1.76. The molecular weight excluding hydrogens is 431 g/mol. The molecule has 2 N–H and O–H groups in total. The van der Waals surface area contributed by atoms with Gasteiger partial charge in [-0.3, -0.25) is 0 Å². The molecule has 1 aromatic carbocycles. The van der Waals surface area contributed by atoms with Gasteiger partial charge in [-0.25, -0.2) is 4.99 Å². The Morgan fingerprint density at radius 1 is 1.29 bits per heavy atom. The Labute approximate surface area is 158 Å². The van der Waals surface area contributed by atoms with Crippen LogP contribution in [0.15, 0.2) is 23.2 Å². The number of nitrogens with one attached hydrogen (secondary N) is 2. The van der Waals surface area contributed by atoms with Crippen molar-refractivity contribution < 1.29 is 18.3 Å². The summed E-state index contributed by atoms with van der Waals surface area (Å²) in [6.45, 7) is 2.55. The van der Waals surface area contributed by atoms with E-state index in [2.05, 4.69) is 26.3 Å². The molecule has 1 rings (SSSR count). The fraction of sp³-hybridized carbons (Fsp3) is 0.438. The van der Waals surface area contributed by atoms with Crippen molar-refractivity contribution in [3.8, 4) is 23.8 Å². The number of ether oxygens (including phenoxy) is 2. The molecule has 0 aromatic heterocycles. The van der Waals surface area contributed by atoms with Crippen LogP contribution in [0.1, 0.15) is 19.4 Å². The van der Waals surface area contributed by atoms with Crippen molar-refractivity contribution >= 4 is 29.9 Å². The number of nitrogens with zero attached hydrogens (tertiary/aromatic N) is 1. The van der Waals surface area contributed by atoms with Crippen LogP contribution in [0.25, 0.3) is 0 Å². The van der Waals surface area contributed by atoms with Crippen LogP contribution in [0.5, 0.6) is 11.5 Å². The van der Waals surface area contributed by atoms with Gasteiger partial charge in [0.15, 0.2) is 17.5 Å². The highest BCUT2D eigenvalue weighted by Gasteiger charge is 2.11. The van der Waals surface area contributed by atoms with E-state index in [9.17, 15) is 8.78 Å². The summed E-state index contributed by atoms with van der Waals surface area (Å²) in [6.07, 6.45) is 5.20. The zero-order valence-electron chi connectivity index (χ0n) is 13.6. The first-order valence-electron chi connectivity index (χ1n) is 7.26. The first kappa shape index (κ1) is 22.2. The van der Waals surface area contributed by atoms with E-state index in [-0.39, 0.29) is 35.5 Å². The molecule has 134 valence electrons. The molecule has 0 bridgehead atoms. The first-order chi connectivity index (χ1) is 11.1. The summed E-state index contributed by atoms with van der Waals surface area (Å²) in [5, 5.41) is 6.02. The number of hydrogen-bond donors (Lipinski definition) is 2. The van der Waals surface area contributed by atoms with Gasteiger partial charge in [-0.05, 0) is 31.5 Å². The number of guanidine groups is 1. The molecule has 0 fully saturated rings. The second-order valence-electron chi connectivity index (χ2n) is 4.35. The Hall–Kier alpha value is -1.76. The molecule has 0 aliphatic rings. The molecule has 1 aromatic rings. The zero-order chi connectivity index (χ0) is 17.1. The van der Waals surface area contributed by atoms with E-state index < -0.39 is 6.61 Å². The van der Waals surface area contributed by atoms with E-state index in [4.69, 9.17) is 11.2 Å². The molecule has 0 spiro atoms. The van der Waals surface area contributed by atoms with E-state index >= 15 is 0 Å². The zero-order valence-corrected chi connectivity index (χ0v) is 16.0. The predicted octanol–water partition coefficient (Wildman–Crippen LogP) is 2.99. The van der Waals surface area contributed by atoms with Crippen LogP contribution < -0.4 is 20.1 Å². The minimum atomic E-state index is -2.90. The monoisotopic (exact) mass is 453 g/mol. The lowest BCUT2D eigenvalue weighted by Gasteiger charge is -2.13. The van der Waals surface area contributed by atoms with Crippen LogP contribution in [0.4, 0.5) is 8.78 Å². The average Bonchev–Trinajstić information content (AvgIpc) is 2.52. The van der Waals surface area contributed by atoms with Crippen LogP contribution >= 0.6 is 24.0 Å². The number of hydrogen-bond acceptors (Lipinski definition) is 3. The minimum Gasteiger partial charge on any atom is -0.490 e. The number of halogens is 3. The van der Waals surface area contributed by atoms with Crippen molar-refractivity contribution in [3.05, 3.63) is 23.8 Å². The van der Waals surface area contributed by atoms with Gasteiger partial charge in [-0.15, -0.1) is 30.4 Å². The highest BCUT2D eigenvalue weighted by molar-refractivity contribution is 14.0. The molecule has 0 aliphatic carbocycles. The second kappa shape index (κ2) is 12.6.